The lowest BCUT2D eigenvalue weighted by Gasteiger charge is -2.10. The number of thiophene rings is 1. The van der Waals surface area contributed by atoms with Gasteiger partial charge in [0.1, 0.15) is 4.90 Å². The molecule has 0 aliphatic heterocycles. The first-order chi connectivity index (χ1) is 8.79. The van der Waals surface area contributed by atoms with Gasteiger partial charge < -0.3 is 5.73 Å². The van der Waals surface area contributed by atoms with Crippen LogP contribution in [-0.4, -0.2) is 8.42 Å². The molecule has 0 radical (unpaired) electrons. The molecule has 3 N–H and O–H groups in total. The van der Waals surface area contributed by atoms with Crippen molar-refractivity contribution in [1.82, 2.24) is 0 Å². The van der Waals surface area contributed by atoms with Gasteiger partial charge in [-0.15, -0.1) is 11.3 Å². The first-order valence-electron chi connectivity index (χ1n) is 5.13. The van der Waals surface area contributed by atoms with Crippen molar-refractivity contribution < 1.29 is 8.42 Å². The number of nitrogen functional groups attached to an aromatic ring is 1. The molecule has 1 heterocycles. The molecule has 0 bridgehead atoms. The monoisotopic (exact) mass is 380 g/mol. The van der Waals surface area contributed by atoms with Crippen molar-refractivity contribution in [3.8, 4) is 0 Å². The maximum Gasteiger partial charge on any atom is 0.263 e. The minimum absolute atomic E-state index is 0.235. The Morgan fingerprint density at radius 3 is 2.58 bits per heavy atom. The average molecular weight is 382 g/mol. The third-order valence-corrected chi connectivity index (χ3v) is 5.80. The summed E-state index contributed by atoms with van der Waals surface area (Å²) in [6.45, 7) is 1.75. The Morgan fingerprint density at radius 2 is 2.05 bits per heavy atom. The van der Waals surface area contributed by atoms with E-state index < -0.39 is 10.0 Å². The highest BCUT2D eigenvalue weighted by Crippen LogP contribution is 2.32. The molecule has 0 saturated carbocycles. The van der Waals surface area contributed by atoms with Crippen molar-refractivity contribution in [1.29, 1.82) is 0 Å². The Morgan fingerprint density at radius 1 is 1.37 bits per heavy atom. The molecule has 1 aromatic heterocycles. The third kappa shape index (κ3) is 3.22. The van der Waals surface area contributed by atoms with E-state index in [1.54, 1.807) is 19.1 Å². The molecule has 1 aromatic carbocycles. The average Bonchev–Trinajstić information content (AvgIpc) is 2.63. The smallest absolute Gasteiger partial charge is 0.263 e. The van der Waals surface area contributed by atoms with Gasteiger partial charge in [0.25, 0.3) is 10.0 Å². The van der Waals surface area contributed by atoms with Crippen molar-refractivity contribution in [2.45, 2.75) is 11.8 Å². The van der Waals surface area contributed by atoms with Gasteiger partial charge in [0.15, 0.2) is 0 Å². The van der Waals surface area contributed by atoms with Crippen LogP contribution in [-0.2, 0) is 10.0 Å². The summed E-state index contributed by atoms with van der Waals surface area (Å²) in [4.78, 5) is 0.936. The predicted octanol–water partition coefficient (Wildman–Crippen LogP) is 3.86. The molecule has 0 saturated heterocycles. The van der Waals surface area contributed by atoms with Gasteiger partial charge in [-0.1, -0.05) is 11.6 Å². The number of sulfonamides is 1. The second-order valence-corrected chi connectivity index (χ2v) is 8.53. The summed E-state index contributed by atoms with van der Waals surface area (Å²) in [6.07, 6.45) is 0. The van der Waals surface area contributed by atoms with E-state index in [1.807, 2.05) is 0 Å². The van der Waals surface area contributed by atoms with Crippen LogP contribution in [0.3, 0.4) is 0 Å². The molecule has 0 atom stereocenters. The van der Waals surface area contributed by atoms with Crippen LogP contribution >= 0.6 is 38.9 Å². The van der Waals surface area contributed by atoms with E-state index in [2.05, 4.69) is 20.7 Å². The van der Waals surface area contributed by atoms with Crippen molar-refractivity contribution in [2.75, 3.05) is 10.5 Å². The number of rotatable bonds is 3. The zero-order valence-electron chi connectivity index (χ0n) is 9.78. The van der Waals surface area contributed by atoms with Crippen LogP contribution < -0.4 is 10.5 Å². The van der Waals surface area contributed by atoms with Crippen LogP contribution in [0.5, 0.6) is 0 Å². The highest BCUT2D eigenvalue weighted by molar-refractivity contribution is 9.11. The number of hydrogen-bond acceptors (Lipinski definition) is 4. The second-order valence-electron chi connectivity index (χ2n) is 3.81. The number of benzene rings is 1. The Kier molecular flexibility index (Phi) is 4.10. The van der Waals surface area contributed by atoms with Gasteiger partial charge in [0.05, 0.1) is 15.2 Å². The van der Waals surface area contributed by atoms with Gasteiger partial charge in [-0.05, 0) is 47.1 Å². The molecule has 0 unspecified atom stereocenters. The number of aryl methyl sites for hydroxylation is 1. The van der Waals surface area contributed by atoms with E-state index in [-0.39, 0.29) is 10.6 Å². The zero-order valence-corrected chi connectivity index (χ0v) is 13.8. The summed E-state index contributed by atoms with van der Waals surface area (Å²) in [5.41, 5.74) is 6.32. The number of nitrogens with one attached hydrogen (secondary N) is 1. The molecule has 2 aromatic rings. The van der Waals surface area contributed by atoms with E-state index in [4.69, 9.17) is 17.3 Å². The maximum absolute atomic E-state index is 12.3. The molecule has 0 aliphatic rings. The summed E-state index contributed by atoms with van der Waals surface area (Å²) in [7, 11) is -3.65. The predicted molar refractivity (Wildman–Crippen MR) is 83.4 cm³/mol. The normalized spacial score (nSPS) is 11.5. The van der Waals surface area contributed by atoms with Crippen molar-refractivity contribution >= 4 is 60.3 Å². The first kappa shape index (κ1) is 14.6. The third-order valence-electron chi connectivity index (χ3n) is 2.39. The van der Waals surface area contributed by atoms with Gasteiger partial charge in [0, 0.05) is 9.90 Å². The van der Waals surface area contributed by atoms with E-state index in [9.17, 15) is 8.42 Å². The summed E-state index contributed by atoms with van der Waals surface area (Å²) in [5.74, 6) is 0. The van der Waals surface area contributed by atoms with Crippen molar-refractivity contribution in [3.63, 3.8) is 0 Å². The summed E-state index contributed by atoms with van der Waals surface area (Å²) < 4.78 is 27.7. The molecule has 2 rings (SSSR count). The molecule has 0 aliphatic carbocycles. The fraction of sp³-hybridized carbons (Fsp3) is 0.0909. The topological polar surface area (TPSA) is 72.2 Å². The van der Waals surface area contributed by atoms with Crippen molar-refractivity contribution in [3.05, 3.63) is 38.0 Å². The molecule has 4 nitrogen and oxygen atoms in total. The molecular formula is C11H10BrClN2O2S2. The molecule has 0 spiro atoms. The Labute approximate surface area is 128 Å². The molecule has 0 fully saturated rings. The maximum atomic E-state index is 12.3. The molecule has 102 valence electrons. The van der Waals surface area contributed by atoms with E-state index in [0.717, 1.165) is 3.79 Å². The molecule has 8 heteroatoms. The fourth-order valence-electron chi connectivity index (χ4n) is 1.52. The Hall–Kier alpha value is -0.760. The second kappa shape index (κ2) is 5.32. The standard InChI is InChI=1S/C11H10BrClN2O2S2/c1-6-10(5-11(12)18-6)19(16,17)15-9-3-2-7(13)4-8(9)14/h2-5,15H,14H2,1H3. The van der Waals surface area contributed by atoms with E-state index >= 15 is 0 Å². The largest absolute Gasteiger partial charge is 0.397 e. The lowest BCUT2D eigenvalue weighted by Crippen LogP contribution is -2.14. The summed E-state index contributed by atoms with van der Waals surface area (Å²) >= 11 is 10.4. The minimum atomic E-state index is -3.65. The first-order valence-corrected chi connectivity index (χ1v) is 8.60. The summed E-state index contributed by atoms with van der Waals surface area (Å²) in [5, 5.41) is 0.454. The lowest BCUT2D eigenvalue weighted by atomic mass is 10.3. The van der Waals surface area contributed by atoms with E-state index in [1.165, 1.54) is 23.5 Å². The van der Waals surface area contributed by atoms with Crippen LogP contribution in [0.4, 0.5) is 11.4 Å². The van der Waals surface area contributed by atoms with Gasteiger partial charge in [-0.25, -0.2) is 8.42 Å². The zero-order chi connectivity index (χ0) is 14.2. The molecular weight excluding hydrogens is 372 g/mol. The number of hydrogen-bond donors (Lipinski definition) is 2. The highest BCUT2D eigenvalue weighted by atomic mass is 79.9. The molecule has 0 amide bonds. The molecule has 19 heavy (non-hydrogen) atoms. The van der Waals surface area contributed by atoms with Crippen LogP contribution in [0.1, 0.15) is 4.88 Å². The van der Waals surface area contributed by atoms with Gasteiger partial charge in [-0.3, -0.25) is 4.72 Å². The van der Waals surface area contributed by atoms with Crippen LogP contribution in [0.2, 0.25) is 5.02 Å². The quantitative estimate of drug-likeness (QED) is 0.793. The van der Waals surface area contributed by atoms with E-state index in [0.29, 0.717) is 15.6 Å². The Balaban J connectivity index is 2.39. The SMILES string of the molecule is Cc1sc(Br)cc1S(=O)(=O)Nc1ccc(Cl)cc1N. The number of nitrogens with two attached hydrogens (primary N) is 1. The van der Waals surface area contributed by atoms with Gasteiger partial charge >= 0.3 is 0 Å². The van der Waals surface area contributed by atoms with Crippen LogP contribution in [0.15, 0.2) is 32.9 Å². The van der Waals surface area contributed by atoms with Crippen LogP contribution in [0, 0.1) is 6.92 Å². The van der Waals surface area contributed by atoms with Gasteiger partial charge in [-0.2, -0.15) is 0 Å². The Bertz CT molecular complexity index is 728. The van der Waals surface area contributed by atoms with Crippen molar-refractivity contribution in [2.24, 2.45) is 0 Å². The minimum Gasteiger partial charge on any atom is -0.397 e. The number of halogens is 2. The number of anilines is 2. The fourth-order valence-corrected chi connectivity index (χ4v) is 5.21. The highest BCUT2D eigenvalue weighted by Gasteiger charge is 2.20. The van der Waals surface area contributed by atoms with Gasteiger partial charge in [0.2, 0.25) is 0 Å². The lowest BCUT2D eigenvalue weighted by molar-refractivity contribution is 0.601. The van der Waals surface area contributed by atoms with Crippen LogP contribution in [0.25, 0.3) is 0 Å². The summed E-state index contributed by atoms with van der Waals surface area (Å²) in [6, 6.07) is 6.17.